The minimum Gasteiger partial charge on any atom is -0.440 e. The molecular weight excluding hydrogens is 258 g/mol. The molecule has 0 bridgehead atoms. The Hall–Kier alpha value is -2.81. The predicted molar refractivity (Wildman–Crippen MR) is 71.4 cm³/mol. The zero-order valence-electron chi connectivity index (χ0n) is 10.7. The predicted octanol–water partition coefficient (Wildman–Crippen LogP) is 1.97. The molecule has 0 saturated carbocycles. The highest BCUT2D eigenvalue weighted by molar-refractivity contribution is 5.49. The first-order valence-corrected chi connectivity index (χ1v) is 6.14. The number of hydrogen-bond donors (Lipinski definition) is 0. The molecule has 1 atom stereocenters. The SMILES string of the molecule is CC1Cn2c(nc(C#Cc3ccccc3)c2[N+](=O)[O-])O1. The molecule has 0 spiro atoms. The molecule has 0 saturated heterocycles. The lowest BCUT2D eigenvalue weighted by Gasteiger charge is -1.97. The first-order valence-electron chi connectivity index (χ1n) is 6.14. The van der Waals surface area contributed by atoms with E-state index in [1.165, 1.54) is 4.57 Å². The molecule has 100 valence electrons. The van der Waals surface area contributed by atoms with Gasteiger partial charge in [0, 0.05) is 5.56 Å². The van der Waals surface area contributed by atoms with Crippen molar-refractivity contribution in [3.63, 3.8) is 0 Å². The summed E-state index contributed by atoms with van der Waals surface area (Å²) in [6, 6.07) is 9.53. The van der Waals surface area contributed by atoms with Crippen LogP contribution in [0.1, 0.15) is 18.2 Å². The summed E-state index contributed by atoms with van der Waals surface area (Å²) in [5, 5.41) is 11.2. The molecule has 6 heteroatoms. The first-order chi connectivity index (χ1) is 9.65. The third-order valence-corrected chi connectivity index (χ3v) is 2.92. The van der Waals surface area contributed by atoms with Gasteiger partial charge in [-0.1, -0.05) is 24.1 Å². The molecule has 2 aromatic rings. The van der Waals surface area contributed by atoms with Gasteiger partial charge in [0.05, 0.1) is 0 Å². The lowest BCUT2D eigenvalue weighted by Crippen LogP contribution is -2.10. The molecular formula is C14H11N3O3. The second-order valence-corrected chi connectivity index (χ2v) is 4.48. The maximum absolute atomic E-state index is 11.2. The Balaban J connectivity index is 2.02. The maximum atomic E-state index is 11.2. The topological polar surface area (TPSA) is 70.2 Å². The molecule has 20 heavy (non-hydrogen) atoms. The molecule has 0 N–H and O–H groups in total. The monoisotopic (exact) mass is 269 g/mol. The second kappa shape index (κ2) is 4.70. The van der Waals surface area contributed by atoms with Crippen LogP contribution < -0.4 is 4.74 Å². The summed E-state index contributed by atoms with van der Waals surface area (Å²) < 4.78 is 6.87. The summed E-state index contributed by atoms with van der Waals surface area (Å²) in [5.74, 6) is 5.52. The molecule has 0 amide bonds. The number of benzene rings is 1. The molecule has 6 nitrogen and oxygen atoms in total. The van der Waals surface area contributed by atoms with Gasteiger partial charge in [0.2, 0.25) is 5.69 Å². The number of aromatic nitrogens is 2. The standard InChI is InChI=1S/C14H11N3O3/c1-10-9-16-13(17(18)19)12(15-14(16)20-10)8-7-11-5-3-2-4-6-11/h2-6,10H,9H2,1H3. The van der Waals surface area contributed by atoms with Crippen molar-refractivity contribution in [2.75, 3.05) is 0 Å². The van der Waals surface area contributed by atoms with Crippen LogP contribution in [0, 0.1) is 22.0 Å². The van der Waals surface area contributed by atoms with Crippen molar-refractivity contribution in [2.45, 2.75) is 19.6 Å². The van der Waals surface area contributed by atoms with Gasteiger partial charge in [-0.2, -0.15) is 9.55 Å². The van der Waals surface area contributed by atoms with Crippen LogP contribution in [0.25, 0.3) is 0 Å². The number of imidazole rings is 1. The fourth-order valence-corrected chi connectivity index (χ4v) is 2.08. The van der Waals surface area contributed by atoms with E-state index in [9.17, 15) is 10.1 Å². The van der Waals surface area contributed by atoms with Crippen molar-refractivity contribution >= 4 is 5.82 Å². The third-order valence-electron chi connectivity index (χ3n) is 2.92. The van der Waals surface area contributed by atoms with Gasteiger partial charge in [0.1, 0.15) is 12.6 Å². The molecule has 1 aliphatic rings. The van der Waals surface area contributed by atoms with Crippen molar-refractivity contribution in [1.29, 1.82) is 0 Å². The van der Waals surface area contributed by atoms with Crippen molar-refractivity contribution in [3.05, 3.63) is 51.7 Å². The van der Waals surface area contributed by atoms with E-state index >= 15 is 0 Å². The van der Waals surface area contributed by atoms with Crippen LogP contribution in [-0.2, 0) is 6.54 Å². The van der Waals surface area contributed by atoms with E-state index in [2.05, 4.69) is 16.8 Å². The molecule has 1 unspecified atom stereocenters. The molecule has 0 fully saturated rings. The van der Waals surface area contributed by atoms with Crippen LogP contribution in [0.4, 0.5) is 5.82 Å². The maximum Gasteiger partial charge on any atom is 0.392 e. The number of ether oxygens (including phenoxy) is 1. The van der Waals surface area contributed by atoms with Crippen molar-refractivity contribution < 1.29 is 9.66 Å². The Kier molecular flexibility index (Phi) is 2.88. The number of fused-ring (bicyclic) bond motifs is 1. The highest BCUT2D eigenvalue weighted by atomic mass is 16.6. The van der Waals surface area contributed by atoms with Crippen LogP contribution in [0.2, 0.25) is 0 Å². The Morgan fingerprint density at radius 1 is 1.40 bits per heavy atom. The number of nitrogens with zero attached hydrogens (tertiary/aromatic N) is 3. The van der Waals surface area contributed by atoms with Crippen LogP contribution in [-0.4, -0.2) is 20.6 Å². The summed E-state index contributed by atoms with van der Waals surface area (Å²) in [4.78, 5) is 14.8. The Bertz CT molecular complexity index is 725. The van der Waals surface area contributed by atoms with Gasteiger partial charge in [-0.05, 0) is 29.9 Å². The van der Waals surface area contributed by atoms with Crippen molar-refractivity contribution in [1.82, 2.24) is 9.55 Å². The minimum atomic E-state index is -0.465. The van der Waals surface area contributed by atoms with Crippen molar-refractivity contribution in [2.24, 2.45) is 0 Å². The summed E-state index contributed by atoms with van der Waals surface area (Å²) in [6.45, 7) is 2.26. The zero-order chi connectivity index (χ0) is 14.1. The fourth-order valence-electron chi connectivity index (χ4n) is 2.08. The quantitative estimate of drug-likeness (QED) is 0.451. The van der Waals surface area contributed by atoms with Gasteiger partial charge in [-0.25, -0.2) is 0 Å². The molecule has 1 aliphatic heterocycles. The lowest BCUT2D eigenvalue weighted by molar-refractivity contribution is -0.392. The van der Waals surface area contributed by atoms with E-state index in [1.54, 1.807) is 0 Å². The molecule has 3 rings (SSSR count). The molecule has 1 aromatic heterocycles. The zero-order valence-corrected chi connectivity index (χ0v) is 10.7. The highest BCUT2D eigenvalue weighted by Gasteiger charge is 2.35. The average Bonchev–Trinajstić information content (AvgIpc) is 2.92. The minimum absolute atomic E-state index is 0.104. The third kappa shape index (κ3) is 2.10. The Labute approximate surface area is 115 Å². The summed E-state index contributed by atoms with van der Waals surface area (Å²) in [6.07, 6.45) is -0.104. The molecule has 2 heterocycles. The Morgan fingerprint density at radius 3 is 2.85 bits per heavy atom. The van der Waals surface area contributed by atoms with Crippen LogP contribution in [0.3, 0.4) is 0 Å². The normalized spacial score (nSPS) is 15.9. The van der Waals surface area contributed by atoms with E-state index in [0.29, 0.717) is 6.54 Å². The van der Waals surface area contributed by atoms with Crippen molar-refractivity contribution in [3.8, 4) is 17.9 Å². The highest BCUT2D eigenvalue weighted by Crippen LogP contribution is 2.30. The number of rotatable bonds is 1. The summed E-state index contributed by atoms with van der Waals surface area (Å²) in [7, 11) is 0. The number of nitro groups is 1. The van der Waals surface area contributed by atoms with Gasteiger partial charge >= 0.3 is 11.8 Å². The molecule has 1 aromatic carbocycles. The summed E-state index contributed by atoms with van der Waals surface area (Å²) >= 11 is 0. The van der Waals surface area contributed by atoms with Gasteiger partial charge < -0.3 is 14.9 Å². The Morgan fingerprint density at radius 2 is 2.15 bits per heavy atom. The fraction of sp³-hybridized carbons (Fsp3) is 0.214. The van der Waals surface area contributed by atoms with E-state index in [-0.39, 0.29) is 23.6 Å². The largest absolute Gasteiger partial charge is 0.440 e. The smallest absolute Gasteiger partial charge is 0.392 e. The van der Waals surface area contributed by atoms with Gasteiger partial charge in [0.15, 0.2) is 0 Å². The first kappa shape index (κ1) is 12.2. The van der Waals surface area contributed by atoms with E-state index in [0.717, 1.165) is 5.56 Å². The second-order valence-electron chi connectivity index (χ2n) is 4.48. The molecule has 0 radical (unpaired) electrons. The average molecular weight is 269 g/mol. The lowest BCUT2D eigenvalue weighted by atomic mass is 10.2. The van der Waals surface area contributed by atoms with Crippen LogP contribution in [0.5, 0.6) is 6.01 Å². The van der Waals surface area contributed by atoms with E-state index < -0.39 is 4.92 Å². The van der Waals surface area contributed by atoms with Gasteiger partial charge in [-0.15, -0.1) is 0 Å². The van der Waals surface area contributed by atoms with Crippen LogP contribution in [0.15, 0.2) is 30.3 Å². The van der Waals surface area contributed by atoms with E-state index in [4.69, 9.17) is 4.74 Å². The molecule has 0 aliphatic carbocycles. The van der Waals surface area contributed by atoms with E-state index in [1.807, 2.05) is 37.3 Å². The van der Waals surface area contributed by atoms with Gasteiger partial charge in [0.25, 0.3) is 0 Å². The number of hydrogen-bond acceptors (Lipinski definition) is 4. The van der Waals surface area contributed by atoms with Gasteiger partial charge in [-0.3, -0.25) is 0 Å². The van der Waals surface area contributed by atoms with Crippen LogP contribution >= 0.6 is 0 Å². The summed E-state index contributed by atoms with van der Waals surface area (Å²) in [5.41, 5.74) is 0.921.